The Morgan fingerprint density at radius 1 is 0.857 bits per heavy atom. The van der Waals surface area contributed by atoms with Crippen molar-refractivity contribution in [3.63, 3.8) is 0 Å². The lowest BCUT2D eigenvalue weighted by atomic mass is 10.0. The van der Waals surface area contributed by atoms with E-state index in [-0.39, 0.29) is 24.5 Å². The molecule has 184 valence electrons. The van der Waals surface area contributed by atoms with Crippen molar-refractivity contribution in [2.75, 3.05) is 6.61 Å². The van der Waals surface area contributed by atoms with Gasteiger partial charge in [0.1, 0.15) is 11.8 Å². The van der Waals surface area contributed by atoms with Gasteiger partial charge in [0.25, 0.3) is 5.91 Å². The van der Waals surface area contributed by atoms with Gasteiger partial charge in [-0.3, -0.25) is 9.59 Å². The summed E-state index contributed by atoms with van der Waals surface area (Å²) in [6.45, 7) is 10.00. The van der Waals surface area contributed by atoms with E-state index in [1.807, 2.05) is 107 Å². The fraction of sp³-hybridized carbons (Fsp3) is 0.333. The molecule has 0 fully saturated rings. The van der Waals surface area contributed by atoms with Crippen molar-refractivity contribution < 1.29 is 14.3 Å². The van der Waals surface area contributed by atoms with E-state index in [1.54, 1.807) is 4.90 Å². The van der Waals surface area contributed by atoms with Gasteiger partial charge >= 0.3 is 0 Å². The Morgan fingerprint density at radius 2 is 1.51 bits per heavy atom. The lowest BCUT2D eigenvalue weighted by Crippen LogP contribution is -2.52. The van der Waals surface area contributed by atoms with Gasteiger partial charge in [0.2, 0.25) is 5.91 Å². The minimum atomic E-state index is -0.671. The number of ether oxygens (including phenoxy) is 1. The van der Waals surface area contributed by atoms with E-state index < -0.39 is 6.04 Å². The Labute approximate surface area is 209 Å². The summed E-state index contributed by atoms with van der Waals surface area (Å²) in [6.07, 6.45) is 0.417. The van der Waals surface area contributed by atoms with Gasteiger partial charge in [-0.05, 0) is 62.9 Å². The molecule has 0 aliphatic rings. The second-order valence-corrected chi connectivity index (χ2v) is 9.43. The highest BCUT2D eigenvalue weighted by atomic mass is 16.5. The van der Waals surface area contributed by atoms with Gasteiger partial charge < -0.3 is 15.0 Å². The van der Waals surface area contributed by atoms with Crippen molar-refractivity contribution in [3.05, 3.63) is 101 Å². The van der Waals surface area contributed by atoms with E-state index in [9.17, 15) is 9.59 Å². The molecule has 35 heavy (non-hydrogen) atoms. The molecule has 1 N–H and O–H groups in total. The van der Waals surface area contributed by atoms with E-state index in [0.717, 1.165) is 27.8 Å². The average Bonchev–Trinajstić information content (AvgIpc) is 2.83. The lowest BCUT2D eigenvalue weighted by molar-refractivity contribution is -0.143. The zero-order valence-corrected chi connectivity index (χ0v) is 21.4. The first-order valence-electron chi connectivity index (χ1n) is 12.1. The Morgan fingerprint density at radius 3 is 2.17 bits per heavy atom. The molecule has 5 heteroatoms. The molecule has 0 heterocycles. The summed E-state index contributed by atoms with van der Waals surface area (Å²) >= 11 is 0. The average molecular weight is 473 g/mol. The van der Waals surface area contributed by atoms with Crippen molar-refractivity contribution in [1.29, 1.82) is 0 Å². The van der Waals surface area contributed by atoms with Gasteiger partial charge in [-0.25, -0.2) is 0 Å². The SMILES string of the molecule is Cc1ccc(CN(C(=O)COc2cc(C)ccc2C)C(Cc2ccccc2)C(=O)NC(C)C)cc1. The highest BCUT2D eigenvalue weighted by molar-refractivity contribution is 5.88. The Balaban J connectivity index is 1.91. The third kappa shape index (κ3) is 7.71. The highest BCUT2D eigenvalue weighted by Crippen LogP contribution is 2.20. The number of nitrogens with zero attached hydrogens (tertiary/aromatic N) is 1. The highest BCUT2D eigenvalue weighted by Gasteiger charge is 2.31. The van der Waals surface area contributed by atoms with Gasteiger partial charge in [-0.15, -0.1) is 0 Å². The second kappa shape index (κ2) is 12.2. The van der Waals surface area contributed by atoms with Crippen LogP contribution in [0.3, 0.4) is 0 Å². The Bertz CT molecular complexity index is 1120. The third-order valence-corrected chi connectivity index (χ3v) is 5.87. The van der Waals surface area contributed by atoms with Crippen LogP contribution in [0.1, 0.15) is 41.7 Å². The zero-order valence-electron chi connectivity index (χ0n) is 21.4. The number of benzene rings is 3. The second-order valence-electron chi connectivity index (χ2n) is 9.43. The van der Waals surface area contributed by atoms with Gasteiger partial charge in [-0.2, -0.15) is 0 Å². The maximum atomic E-state index is 13.6. The standard InChI is InChI=1S/C30H36N2O3/c1-21(2)31-30(34)27(18-25-9-7-6-8-10-25)32(19-26-15-12-22(3)13-16-26)29(33)20-35-28-17-23(4)11-14-24(28)5/h6-17,21,27H,18-20H2,1-5H3,(H,31,34). The Hall–Kier alpha value is -3.60. The van der Waals surface area contributed by atoms with Gasteiger partial charge in [0.05, 0.1) is 0 Å². The molecule has 0 bridgehead atoms. The normalized spacial score (nSPS) is 11.7. The summed E-state index contributed by atoms with van der Waals surface area (Å²) in [4.78, 5) is 28.7. The first kappa shape index (κ1) is 26.0. The van der Waals surface area contributed by atoms with Crippen LogP contribution in [0.15, 0.2) is 72.8 Å². The molecule has 0 spiro atoms. The smallest absolute Gasteiger partial charge is 0.261 e. The number of aryl methyl sites for hydroxylation is 3. The molecule has 0 aliphatic carbocycles. The molecular formula is C30H36N2O3. The van der Waals surface area contributed by atoms with Gasteiger partial charge in [-0.1, -0.05) is 72.3 Å². The molecule has 0 aromatic heterocycles. The quantitative estimate of drug-likeness (QED) is 0.444. The van der Waals surface area contributed by atoms with Crippen LogP contribution in [-0.2, 0) is 22.6 Å². The molecule has 0 saturated carbocycles. The monoisotopic (exact) mass is 472 g/mol. The molecule has 1 atom stereocenters. The first-order valence-corrected chi connectivity index (χ1v) is 12.1. The molecule has 1 unspecified atom stereocenters. The summed E-state index contributed by atoms with van der Waals surface area (Å²) in [5, 5.41) is 3.01. The molecule has 3 aromatic rings. The molecule has 3 rings (SSSR count). The number of carbonyl (C=O) groups excluding carboxylic acids is 2. The van der Waals surface area contributed by atoms with E-state index in [1.165, 1.54) is 0 Å². The molecule has 0 saturated heterocycles. The topological polar surface area (TPSA) is 58.6 Å². The zero-order chi connectivity index (χ0) is 25.4. The van der Waals surface area contributed by atoms with Crippen LogP contribution in [0.5, 0.6) is 5.75 Å². The summed E-state index contributed by atoms with van der Waals surface area (Å²) in [7, 11) is 0. The number of hydrogen-bond acceptors (Lipinski definition) is 3. The van der Waals surface area contributed by atoms with Crippen LogP contribution in [0, 0.1) is 20.8 Å². The molecule has 3 aromatic carbocycles. The fourth-order valence-electron chi connectivity index (χ4n) is 3.91. The minimum Gasteiger partial charge on any atom is -0.483 e. The molecule has 0 radical (unpaired) electrons. The predicted octanol–water partition coefficient (Wildman–Crippen LogP) is 5.16. The summed E-state index contributed by atoms with van der Waals surface area (Å²) in [6, 6.07) is 23.1. The molecule has 5 nitrogen and oxygen atoms in total. The predicted molar refractivity (Wildman–Crippen MR) is 140 cm³/mol. The molecule has 2 amide bonds. The van der Waals surface area contributed by atoms with Crippen LogP contribution in [0.4, 0.5) is 0 Å². The van der Waals surface area contributed by atoms with Gasteiger partial charge in [0.15, 0.2) is 6.61 Å². The molecule has 0 aliphatic heterocycles. The van der Waals surface area contributed by atoms with Gasteiger partial charge in [0, 0.05) is 19.0 Å². The maximum absolute atomic E-state index is 13.6. The van der Waals surface area contributed by atoms with Crippen LogP contribution >= 0.6 is 0 Å². The summed E-state index contributed by atoms with van der Waals surface area (Å²) in [5.74, 6) is 0.280. The van der Waals surface area contributed by atoms with Crippen molar-refractivity contribution in [2.45, 2.75) is 59.7 Å². The number of nitrogens with one attached hydrogen (secondary N) is 1. The van der Waals surface area contributed by atoms with E-state index >= 15 is 0 Å². The number of carbonyl (C=O) groups is 2. The number of rotatable bonds is 10. The Kier molecular flexibility index (Phi) is 9.07. The van der Waals surface area contributed by atoms with Crippen molar-refractivity contribution in [3.8, 4) is 5.75 Å². The van der Waals surface area contributed by atoms with Crippen LogP contribution in [0.25, 0.3) is 0 Å². The minimum absolute atomic E-state index is 0.0386. The van der Waals surface area contributed by atoms with Crippen LogP contribution in [-0.4, -0.2) is 35.4 Å². The first-order chi connectivity index (χ1) is 16.7. The number of amides is 2. The molecular weight excluding hydrogens is 436 g/mol. The van der Waals surface area contributed by atoms with E-state index in [4.69, 9.17) is 4.74 Å². The summed E-state index contributed by atoms with van der Waals surface area (Å²) < 4.78 is 5.96. The van der Waals surface area contributed by atoms with E-state index in [2.05, 4.69) is 5.32 Å². The largest absolute Gasteiger partial charge is 0.483 e. The van der Waals surface area contributed by atoms with Crippen molar-refractivity contribution in [2.24, 2.45) is 0 Å². The van der Waals surface area contributed by atoms with E-state index in [0.29, 0.717) is 18.7 Å². The maximum Gasteiger partial charge on any atom is 0.261 e. The van der Waals surface area contributed by atoms with Crippen LogP contribution in [0.2, 0.25) is 0 Å². The van der Waals surface area contributed by atoms with Crippen LogP contribution < -0.4 is 10.1 Å². The van der Waals surface area contributed by atoms with Crippen molar-refractivity contribution >= 4 is 11.8 Å². The third-order valence-electron chi connectivity index (χ3n) is 5.87. The number of hydrogen-bond donors (Lipinski definition) is 1. The summed E-state index contributed by atoms with van der Waals surface area (Å²) in [5.41, 5.74) is 5.13. The lowest BCUT2D eigenvalue weighted by Gasteiger charge is -2.32. The van der Waals surface area contributed by atoms with Crippen molar-refractivity contribution in [1.82, 2.24) is 10.2 Å². The fourth-order valence-corrected chi connectivity index (χ4v) is 3.91.